The van der Waals surface area contributed by atoms with E-state index in [2.05, 4.69) is 42.5 Å². The van der Waals surface area contributed by atoms with Crippen LogP contribution in [0.3, 0.4) is 0 Å². The van der Waals surface area contributed by atoms with E-state index >= 15 is 0 Å². The van der Waals surface area contributed by atoms with E-state index in [0.29, 0.717) is 0 Å². The molecule has 0 N–H and O–H groups in total. The quantitative estimate of drug-likeness (QED) is 0.296. The Morgan fingerprint density at radius 1 is 0.857 bits per heavy atom. The largest absolute Gasteiger partial charge is 3.00 e. The van der Waals surface area contributed by atoms with Crippen LogP contribution in [0.4, 0.5) is 0 Å². The van der Waals surface area contributed by atoms with Crippen LogP contribution in [0, 0.1) is 7.43 Å². The Kier molecular flexibility index (Phi) is 20.9. The van der Waals surface area contributed by atoms with Gasteiger partial charge >= 0.3 is 21.7 Å². The van der Waals surface area contributed by atoms with Gasteiger partial charge in [-0.15, -0.1) is 29.7 Å². The molecule has 14 heavy (non-hydrogen) atoms. The fourth-order valence-corrected chi connectivity index (χ4v) is 1.07. The van der Waals surface area contributed by atoms with Gasteiger partial charge in [0.2, 0.25) is 0 Å². The van der Waals surface area contributed by atoms with Crippen molar-refractivity contribution < 1.29 is 72.7 Å². The minimum Gasteiger partial charge on any atom is -1.00 e. The molecule has 0 heterocycles. The summed E-state index contributed by atoms with van der Waals surface area (Å²) in [5.41, 5.74) is 0. The van der Waals surface area contributed by atoms with E-state index < -0.39 is 0 Å². The summed E-state index contributed by atoms with van der Waals surface area (Å²) in [5, 5.41) is 2.66. The van der Waals surface area contributed by atoms with Crippen molar-refractivity contribution in [1.29, 1.82) is 0 Å². The predicted molar refractivity (Wildman–Crippen MR) is 46.0 cm³/mol. The molecular formula is C10H10Br3Ti-2. The summed E-state index contributed by atoms with van der Waals surface area (Å²) in [7, 11) is 0. The van der Waals surface area contributed by atoms with Gasteiger partial charge in [0.05, 0.1) is 0 Å². The van der Waals surface area contributed by atoms with Crippen molar-refractivity contribution in [2.45, 2.75) is 0 Å². The molecule has 0 saturated carbocycles. The fraction of sp³-hybridized carbons (Fsp3) is 0. The Labute approximate surface area is 132 Å². The summed E-state index contributed by atoms with van der Waals surface area (Å²) in [6, 6.07) is 14.7. The van der Waals surface area contributed by atoms with Crippen molar-refractivity contribution in [1.82, 2.24) is 0 Å². The minimum atomic E-state index is 0. The van der Waals surface area contributed by atoms with Crippen LogP contribution in [0.25, 0.3) is 10.8 Å². The van der Waals surface area contributed by atoms with Crippen LogP contribution in [-0.2, 0) is 21.7 Å². The summed E-state index contributed by atoms with van der Waals surface area (Å²) in [6.45, 7) is 0. The molecule has 0 nitrogen and oxygen atoms in total. The average molecular weight is 418 g/mol. The molecular weight excluding hydrogens is 408 g/mol. The Morgan fingerprint density at radius 3 is 2.00 bits per heavy atom. The SMILES string of the molecule is [Br-].[Br-].[Br-].[CH3-].[Ti+3].c1ccc2[cH-]ccc2c1. The van der Waals surface area contributed by atoms with Crippen molar-refractivity contribution in [3.63, 3.8) is 0 Å². The third-order valence-electron chi connectivity index (χ3n) is 1.55. The molecule has 77 valence electrons. The normalized spacial score (nSPS) is 6.57. The first-order valence-corrected chi connectivity index (χ1v) is 3.07. The van der Waals surface area contributed by atoms with Crippen LogP contribution in [-0.4, -0.2) is 0 Å². The summed E-state index contributed by atoms with van der Waals surface area (Å²) < 4.78 is 0. The van der Waals surface area contributed by atoms with Crippen LogP contribution in [0.2, 0.25) is 0 Å². The molecule has 0 fully saturated rings. The van der Waals surface area contributed by atoms with E-state index in [9.17, 15) is 0 Å². The van der Waals surface area contributed by atoms with Crippen molar-refractivity contribution in [3.05, 3.63) is 49.9 Å². The number of hydrogen-bond acceptors (Lipinski definition) is 0. The van der Waals surface area contributed by atoms with Crippen LogP contribution < -0.4 is 50.9 Å². The van der Waals surface area contributed by atoms with Gasteiger partial charge < -0.3 is 58.4 Å². The van der Waals surface area contributed by atoms with E-state index in [-0.39, 0.29) is 80.1 Å². The Morgan fingerprint density at radius 2 is 1.43 bits per heavy atom. The van der Waals surface area contributed by atoms with Crippen molar-refractivity contribution in [3.8, 4) is 0 Å². The van der Waals surface area contributed by atoms with Gasteiger partial charge in [0.25, 0.3) is 0 Å². The van der Waals surface area contributed by atoms with Gasteiger partial charge in [-0.25, -0.2) is 0 Å². The summed E-state index contributed by atoms with van der Waals surface area (Å²) in [5.74, 6) is 0. The first-order valence-electron chi connectivity index (χ1n) is 3.07. The second-order valence-electron chi connectivity index (χ2n) is 2.15. The molecule has 0 aliphatic rings. The third-order valence-corrected chi connectivity index (χ3v) is 1.55. The Bertz CT molecular complexity index is 289. The number of hydrogen-bond donors (Lipinski definition) is 0. The second-order valence-corrected chi connectivity index (χ2v) is 2.15. The fourth-order valence-electron chi connectivity index (χ4n) is 1.07. The van der Waals surface area contributed by atoms with E-state index in [0.717, 1.165) is 0 Å². The number of fused-ring (bicyclic) bond motifs is 1. The molecule has 4 heteroatoms. The maximum absolute atomic E-state index is 2.12. The molecule has 0 bridgehead atoms. The molecule has 0 atom stereocenters. The molecule has 0 aromatic heterocycles. The number of halogens is 3. The van der Waals surface area contributed by atoms with Gasteiger partial charge in [-0.1, -0.05) is 6.07 Å². The van der Waals surface area contributed by atoms with Crippen LogP contribution in [0.15, 0.2) is 42.5 Å². The molecule has 0 amide bonds. The zero-order valence-electron chi connectivity index (χ0n) is 7.68. The smallest absolute Gasteiger partial charge is 1.00 e. The Balaban J connectivity index is -0.0000001000. The monoisotopic (exact) mass is 415 g/mol. The standard InChI is InChI=1S/C9H7.CH3.3BrH.Ti/c1-2-5-9-7-3-6-8(9)4-1;;;;;/h1-7H;1H3;3*1H;/q2*-1;;;;+3/p-3. The van der Waals surface area contributed by atoms with Crippen LogP contribution in [0.1, 0.15) is 0 Å². The molecule has 0 aliphatic carbocycles. The first kappa shape index (κ1) is 24.3. The van der Waals surface area contributed by atoms with Crippen LogP contribution >= 0.6 is 0 Å². The van der Waals surface area contributed by atoms with Crippen molar-refractivity contribution in [2.24, 2.45) is 0 Å². The molecule has 2 rings (SSSR count). The maximum atomic E-state index is 2.12. The minimum absolute atomic E-state index is 0. The molecule has 0 aliphatic heterocycles. The molecule has 0 unspecified atom stereocenters. The molecule has 0 saturated heterocycles. The van der Waals surface area contributed by atoms with E-state index in [1.54, 1.807) is 0 Å². The average Bonchev–Trinajstić information content (AvgIpc) is 2.33. The van der Waals surface area contributed by atoms with Gasteiger partial charge in [0.1, 0.15) is 0 Å². The van der Waals surface area contributed by atoms with Gasteiger partial charge in [-0.3, -0.25) is 0 Å². The summed E-state index contributed by atoms with van der Waals surface area (Å²) in [6.07, 6.45) is 0. The van der Waals surface area contributed by atoms with Gasteiger partial charge in [-0.05, 0) is 0 Å². The zero-order valence-corrected chi connectivity index (χ0v) is 14.0. The number of benzene rings is 1. The van der Waals surface area contributed by atoms with E-state index in [1.165, 1.54) is 10.8 Å². The van der Waals surface area contributed by atoms with Crippen LogP contribution in [0.5, 0.6) is 0 Å². The molecule has 2 aromatic carbocycles. The molecule has 1 radical (unpaired) electrons. The number of rotatable bonds is 0. The van der Waals surface area contributed by atoms with Crippen molar-refractivity contribution >= 4 is 10.8 Å². The topological polar surface area (TPSA) is 0 Å². The molecule has 0 spiro atoms. The third kappa shape index (κ3) is 5.77. The molecule has 2 aromatic rings. The summed E-state index contributed by atoms with van der Waals surface area (Å²) in [4.78, 5) is 0. The second kappa shape index (κ2) is 12.1. The first-order chi connectivity index (χ1) is 4.47. The van der Waals surface area contributed by atoms with Crippen molar-refractivity contribution in [2.75, 3.05) is 0 Å². The van der Waals surface area contributed by atoms with E-state index in [4.69, 9.17) is 0 Å². The van der Waals surface area contributed by atoms with Gasteiger partial charge in [0.15, 0.2) is 0 Å². The van der Waals surface area contributed by atoms with Gasteiger partial charge in [0, 0.05) is 0 Å². The summed E-state index contributed by atoms with van der Waals surface area (Å²) >= 11 is 0. The zero-order chi connectivity index (χ0) is 6.10. The van der Waals surface area contributed by atoms with E-state index in [1.807, 2.05) is 0 Å². The van der Waals surface area contributed by atoms with Gasteiger partial charge in [-0.2, -0.15) is 17.5 Å². The maximum Gasteiger partial charge on any atom is 3.00 e. The predicted octanol–water partition coefficient (Wildman–Crippen LogP) is -5.98. The Hall–Kier alpha value is 0.984.